The number of carbonyl (C=O) groups is 1. The third-order valence-electron chi connectivity index (χ3n) is 3.76. The van der Waals surface area contributed by atoms with Gasteiger partial charge in [0, 0.05) is 12.0 Å². The molecule has 0 aromatic heterocycles. The molecule has 0 spiro atoms. The maximum absolute atomic E-state index is 13.2. The number of Topliss-reactive ketones (excluding diaryl/α,β-unsaturated/α-hetero) is 1. The van der Waals surface area contributed by atoms with Crippen molar-refractivity contribution >= 4 is 17.4 Å². The Labute approximate surface area is 127 Å². The van der Waals surface area contributed by atoms with E-state index in [4.69, 9.17) is 16.3 Å². The summed E-state index contributed by atoms with van der Waals surface area (Å²) < 4.78 is 18.8. The average molecular weight is 305 g/mol. The van der Waals surface area contributed by atoms with Gasteiger partial charge in [0.15, 0.2) is 5.78 Å². The third-order valence-corrected chi connectivity index (χ3v) is 4.05. The van der Waals surface area contributed by atoms with E-state index in [1.54, 1.807) is 0 Å². The Morgan fingerprint density at radius 2 is 2.10 bits per heavy atom. The van der Waals surface area contributed by atoms with Crippen LogP contribution in [0.15, 0.2) is 42.5 Å². The van der Waals surface area contributed by atoms with Crippen LogP contribution in [0.3, 0.4) is 0 Å². The van der Waals surface area contributed by atoms with Crippen molar-refractivity contribution in [2.45, 2.75) is 18.8 Å². The van der Waals surface area contributed by atoms with Crippen molar-refractivity contribution in [1.82, 2.24) is 0 Å². The molecule has 0 fully saturated rings. The predicted molar refractivity (Wildman–Crippen MR) is 79.7 cm³/mol. The van der Waals surface area contributed by atoms with E-state index >= 15 is 0 Å². The van der Waals surface area contributed by atoms with Crippen molar-refractivity contribution in [1.29, 1.82) is 0 Å². The summed E-state index contributed by atoms with van der Waals surface area (Å²) in [4.78, 5) is 12.4. The number of fused-ring (bicyclic) bond motifs is 1. The molecule has 21 heavy (non-hydrogen) atoms. The molecule has 1 aliphatic rings. The van der Waals surface area contributed by atoms with Gasteiger partial charge in [-0.15, -0.1) is 0 Å². The molecule has 0 saturated carbocycles. The molecule has 4 heteroatoms. The second-order valence-corrected chi connectivity index (χ2v) is 5.54. The number of benzene rings is 2. The molecular weight excluding hydrogens is 291 g/mol. The smallest absolute Gasteiger partial charge is 0.163 e. The summed E-state index contributed by atoms with van der Waals surface area (Å²) in [5.74, 6) is 0.438. The molecule has 2 aromatic rings. The lowest BCUT2D eigenvalue weighted by atomic mass is 9.87. The average Bonchev–Trinajstić information content (AvgIpc) is 2.50. The first-order valence-corrected chi connectivity index (χ1v) is 7.23. The summed E-state index contributed by atoms with van der Waals surface area (Å²) in [6.45, 7) is 0.610. The van der Waals surface area contributed by atoms with Crippen LogP contribution in [0, 0.1) is 5.82 Å². The lowest BCUT2D eigenvalue weighted by Gasteiger charge is -2.25. The normalized spacial score (nSPS) is 17.0. The maximum Gasteiger partial charge on any atom is 0.163 e. The quantitative estimate of drug-likeness (QED) is 0.774. The second kappa shape index (κ2) is 5.86. The first-order chi connectivity index (χ1) is 10.1. The van der Waals surface area contributed by atoms with Gasteiger partial charge in [-0.25, -0.2) is 4.39 Å². The van der Waals surface area contributed by atoms with Gasteiger partial charge in [0.1, 0.15) is 11.6 Å². The Morgan fingerprint density at radius 3 is 2.90 bits per heavy atom. The molecule has 1 heterocycles. The molecule has 0 aliphatic carbocycles. The molecule has 0 N–H and O–H groups in total. The van der Waals surface area contributed by atoms with Crippen LogP contribution in [0.2, 0.25) is 5.02 Å². The summed E-state index contributed by atoms with van der Waals surface area (Å²) in [7, 11) is 0. The molecular formula is C17H14ClFO2. The number of para-hydroxylation sites is 1. The Bertz CT molecular complexity index is 684. The highest BCUT2D eigenvalue weighted by molar-refractivity contribution is 6.31. The maximum atomic E-state index is 13.2. The molecule has 2 nitrogen and oxygen atoms in total. The van der Waals surface area contributed by atoms with Gasteiger partial charge in [-0.05, 0) is 42.2 Å². The number of carbonyl (C=O) groups excluding carboxylic acids is 1. The summed E-state index contributed by atoms with van der Waals surface area (Å²) >= 11 is 5.73. The number of halogens is 2. The fraction of sp³-hybridized carbons (Fsp3) is 0.235. The van der Waals surface area contributed by atoms with Crippen LogP contribution in [0.1, 0.15) is 34.7 Å². The van der Waals surface area contributed by atoms with Gasteiger partial charge in [0.25, 0.3) is 0 Å². The first kappa shape index (κ1) is 14.1. The zero-order valence-corrected chi connectivity index (χ0v) is 12.1. The minimum absolute atomic E-state index is 0.0202. The van der Waals surface area contributed by atoms with Gasteiger partial charge < -0.3 is 4.74 Å². The van der Waals surface area contributed by atoms with Crippen LogP contribution in [-0.4, -0.2) is 12.4 Å². The number of ketones is 1. The Kier molecular flexibility index (Phi) is 3.93. The standard InChI is InChI=1S/C17H14ClFO2/c18-14-9-12(5-6-15(14)19)16(20)10-11-7-8-21-17-4-2-1-3-13(11)17/h1-6,9,11H,7-8,10H2. The molecule has 0 saturated heterocycles. The third kappa shape index (κ3) is 2.93. The molecule has 0 radical (unpaired) electrons. The molecule has 3 rings (SSSR count). The number of ether oxygens (including phenoxy) is 1. The van der Waals surface area contributed by atoms with Crippen LogP contribution in [0.5, 0.6) is 5.75 Å². The van der Waals surface area contributed by atoms with Gasteiger partial charge in [0.05, 0.1) is 11.6 Å². The van der Waals surface area contributed by atoms with Crippen LogP contribution < -0.4 is 4.74 Å². The van der Waals surface area contributed by atoms with Crippen molar-refractivity contribution in [3.8, 4) is 5.75 Å². The molecule has 1 unspecified atom stereocenters. The number of hydrogen-bond acceptors (Lipinski definition) is 2. The summed E-state index contributed by atoms with van der Waals surface area (Å²) in [6.07, 6.45) is 1.18. The van der Waals surface area contributed by atoms with E-state index in [0.29, 0.717) is 18.6 Å². The van der Waals surface area contributed by atoms with Crippen molar-refractivity contribution in [2.24, 2.45) is 0 Å². The van der Waals surface area contributed by atoms with Crippen LogP contribution >= 0.6 is 11.6 Å². The highest BCUT2D eigenvalue weighted by atomic mass is 35.5. The largest absolute Gasteiger partial charge is 0.493 e. The van der Waals surface area contributed by atoms with Crippen molar-refractivity contribution in [3.05, 3.63) is 64.4 Å². The van der Waals surface area contributed by atoms with Gasteiger partial charge in [-0.2, -0.15) is 0 Å². The molecule has 108 valence electrons. The molecule has 2 aromatic carbocycles. The van der Waals surface area contributed by atoms with E-state index in [1.807, 2.05) is 24.3 Å². The molecule has 0 amide bonds. The van der Waals surface area contributed by atoms with E-state index in [-0.39, 0.29) is 16.7 Å². The van der Waals surface area contributed by atoms with Crippen molar-refractivity contribution in [3.63, 3.8) is 0 Å². The lowest BCUT2D eigenvalue weighted by molar-refractivity contribution is 0.0966. The highest BCUT2D eigenvalue weighted by Crippen LogP contribution is 2.36. The second-order valence-electron chi connectivity index (χ2n) is 5.13. The number of rotatable bonds is 3. The van der Waals surface area contributed by atoms with E-state index in [2.05, 4.69) is 0 Å². The molecule has 1 aliphatic heterocycles. The molecule has 0 bridgehead atoms. The van der Waals surface area contributed by atoms with Crippen LogP contribution in [-0.2, 0) is 0 Å². The molecule has 1 atom stereocenters. The van der Waals surface area contributed by atoms with Crippen molar-refractivity contribution in [2.75, 3.05) is 6.61 Å². The first-order valence-electron chi connectivity index (χ1n) is 6.85. The topological polar surface area (TPSA) is 26.3 Å². The Morgan fingerprint density at radius 1 is 1.29 bits per heavy atom. The minimum atomic E-state index is -0.510. The van der Waals surface area contributed by atoms with Crippen LogP contribution in [0.4, 0.5) is 4.39 Å². The van der Waals surface area contributed by atoms with Crippen LogP contribution in [0.25, 0.3) is 0 Å². The summed E-state index contributed by atoms with van der Waals surface area (Å²) in [5.41, 5.74) is 1.51. The van der Waals surface area contributed by atoms with E-state index < -0.39 is 5.82 Å². The van der Waals surface area contributed by atoms with E-state index in [9.17, 15) is 9.18 Å². The van der Waals surface area contributed by atoms with E-state index in [1.165, 1.54) is 18.2 Å². The zero-order valence-electron chi connectivity index (χ0n) is 11.3. The van der Waals surface area contributed by atoms with Gasteiger partial charge >= 0.3 is 0 Å². The highest BCUT2D eigenvalue weighted by Gasteiger charge is 2.24. The SMILES string of the molecule is O=C(CC1CCOc2ccccc21)c1ccc(F)c(Cl)c1. The van der Waals surface area contributed by atoms with Gasteiger partial charge in [0.2, 0.25) is 0 Å². The van der Waals surface area contributed by atoms with Gasteiger partial charge in [-0.3, -0.25) is 4.79 Å². The monoisotopic (exact) mass is 304 g/mol. The van der Waals surface area contributed by atoms with E-state index in [0.717, 1.165) is 17.7 Å². The zero-order chi connectivity index (χ0) is 14.8. The fourth-order valence-electron chi connectivity index (χ4n) is 2.64. The Balaban J connectivity index is 1.81. The van der Waals surface area contributed by atoms with Gasteiger partial charge in [-0.1, -0.05) is 29.8 Å². The summed E-state index contributed by atoms with van der Waals surface area (Å²) in [6, 6.07) is 11.9. The fourth-order valence-corrected chi connectivity index (χ4v) is 2.82. The number of hydrogen-bond donors (Lipinski definition) is 0. The summed E-state index contributed by atoms with van der Waals surface area (Å²) in [5, 5.41) is -0.0202. The predicted octanol–water partition coefficient (Wildman–Crippen LogP) is 4.62. The Hall–Kier alpha value is -1.87. The lowest BCUT2D eigenvalue weighted by Crippen LogP contribution is -2.17. The minimum Gasteiger partial charge on any atom is -0.493 e. The van der Waals surface area contributed by atoms with Crippen molar-refractivity contribution < 1.29 is 13.9 Å².